The first-order valence-electron chi connectivity index (χ1n) is 12.2. The highest BCUT2D eigenvalue weighted by atomic mass is 16.5. The number of carbonyl (C=O) groups excluding carboxylic acids is 3. The summed E-state index contributed by atoms with van der Waals surface area (Å²) in [4.78, 5) is 52.8. The largest absolute Gasteiger partial charge is 0.480 e. The summed E-state index contributed by atoms with van der Waals surface area (Å²) >= 11 is 0. The number of carboxylic acid groups (broad SMARTS) is 1. The van der Waals surface area contributed by atoms with Gasteiger partial charge in [-0.3, -0.25) is 15.0 Å². The van der Waals surface area contributed by atoms with E-state index in [9.17, 15) is 24.3 Å². The molecule has 2 heterocycles. The molecule has 0 fully saturated rings. The second kappa shape index (κ2) is 14.0. The molecule has 0 bridgehead atoms. The summed E-state index contributed by atoms with van der Waals surface area (Å²) in [5.41, 5.74) is 13.8. The van der Waals surface area contributed by atoms with E-state index in [1.165, 1.54) is 6.07 Å². The van der Waals surface area contributed by atoms with Crippen LogP contribution in [0.15, 0.2) is 17.7 Å². The van der Waals surface area contributed by atoms with E-state index in [1.807, 2.05) is 6.08 Å². The lowest BCUT2D eigenvalue weighted by Gasteiger charge is -2.17. The molecule has 1 aromatic heterocycles. The van der Waals surface area contributed by atoms with Crippen LogP contribution < -0.4 is 22.1 Å². The molecule has 37 heavy (non-hydrogen) atoms. The van der Waals surface area contributed by atoms with Gasteiger partial charge < -0.3 is 41.8 Å². The molecule has 1 aliphatic heterocycles. The number of hydrogen-bond donors (Lipinski definition) is 7. The molecule has 2 rings (SSSR count). The molecule has 13 nitrogen and oxygen atoms in total. The molecule has 0 aromatic carbocycles. The Kier molecular flexibility index (Phi) is 11.1. The maximum absolute atomic E-state index is 12.3. The summed E-state index contributed by atoms with van der Waals surface area (Å²) < 4.78 is 4.98. The van der Waals surface area contributed by atoms with Gasteiger partial charge >= 0.3 is 11.9 Å². The topological polar surface area (TPSA) is 217 Å². The fourth-order valence-electron chi connectivity index (χ4n) is 3.92. The van der Waals surface area contributed by atoms with Gasteiger partial charge in [0.15, 0.2) is 5.96 Å². The van der Waals surface area contributed by atoms with Gasteiger partial charge in [0.25, 0.3) is 0 Å². The smallest absolute Gasteiger partial charge is 0.339 e. The molecule has 0 spiro atoms. The fourth-order valence-corrected chi connectivity index (χ4v) is 3.92. The summed E-state index contributed by atoms with van der Waals surface area (Å²) in [6.45, 7) is 4.95. The first-order valence-corrected chi connectivity index (χ1v) is 12.2. The van der Waals surface area contributed by atoms with E-state index in [4.69, 9.17) is 21.6 Å². The highest BCUT2D eigenvalue weighted by molar-refractivity contribution is 5.91. The van der Waals surface area contributed by atoms with Gasteiger partial charge in [0.05, 0.1) is 18.2 Å². The second-order valence-electron chi connectivity index (χ2n) is 8.90. The molecule has 0 saturated carbocycles. The molecule has 0 radical (unpaired) electrons. The van der Waals surface area contributed by atoms with Crippen LogP contribution in [0.4, 0.5) is 0 Å². The number of aromatic nitrogens is 1. The highest BCUT2D eigenvalue weighted by Gasteiger charge is 2.23. The van der Waals surface area contributed by atoms with Crippen LogP contribution in [-0.2, 0) is 25.5 Å². The van der Waals surface area contributed by atoms with Gasteiger partial charge in [-0.15, -0.1) is 0 Å². The molecule has 2 atom stereocenters. The summed E-state index contributed by atoms with van der Waals surface area (Å²) in [6, 6.07) is -0.355. The summed E-state index contributed by atoms with van der Waals surface area (Å²) in [6.07, 6.45) is 3.32. The van der Waals surface area contributed by atoms with Gasteiger partial charge in [-0.1, -0.05) is 11.6 Å². The first kappa shape index (κ1) is 29.4. The number of H-pyrrole nitrogens is 1. The molecule has 9 N–H and O–H groups in total. The predicted molar refractivity (Wildman–Crippen MR) is 136 cm³/mol. The van der Waals surface area contributed by atoms with E-state index in [0.29, 0.717) is 55.8 Å². The number of aryl methyl sites for hydroxylation is 1. The van der Waals surface area contributed by atoms with E-state index in [0.717, 1.165) is 5.57 Å². The lowest BCUT2D eigenvalue weighted by atomic mass is 10.1. The van der Waals surface area contributed by atoms with E-state index in [2.05, 4.69) is 15.6 Å². The van der Waals surface area contributed by atoms with Gasteiger partial charge in [0.2, 0.25) is 11.8 Å². The van der Waals surface area contributed by atoms with Crippen molar-refractivity contribution in [3.8, 4) is 0 Å². The number of ether oxygens (including phenoxy) is 1. The van der Waals surface area contributed by atoms with Gasteiger partial charge in [-0.25, -0.2) is 9.59 Å². The number of amides is 2. The normalized spacial score (nSPS) is 14.5. The van der Waals surface area contributed by atoms with Crippen LogP contribution in [0.2, 0.25) is 0 Å². The van der Waals surface area contributed by atoms with Crippen molar-refractivity contribution >= 4 is 29.7 Å². The van der Waals surface area contributed by atoms with Crippen molar-refractivity contribution in [2.45, 2.75) is 58.0 Å². The minimum absolute atomic E-state index is 0.0180. The Hall–Kier alpha value is -3.87. The first-order chi connectivity index (χ1) is 17.5. The summed E-state index contributed by atoms with van der Waals surface area (Å²) in [5.74, 6) is -2.44. The van der Waals surface area contributed by atoms with Crippen LogP contribution in [0.3, 0.4) is 0 Å². The molecule has 13 heteroatoms. The third-order valence-corrected chi connectivity index (χ3v) is 5.91. The number of guanidine groups is 1. The lowest BCUT2D eigenvalue weighted by Crippen LogP contribution is -2.42. The SMILES string of the molecule is CCOC(=O)c1cc(CC(NC(=O)CCCCNC(=O)C(N)CC2=CCN(C(=N)N)C2)C(=O)O)[nH]c1C. The van der Waals surface area contributed by atoms with Crippen LogP contribution in [0.25, 0.3) is 0 Å². The number of aromatic amines is 1. The number of nitrogens with two attached hydrogens (primary N) is 2. The van der Waals surface area contributed by atoms with E-state index >= 15 is 0 Å². The van der Waals surface area contributed by atoms with Crippen molar-refractivity contribution in [1.29, 1.82) is 5.41 Å². The number of esters is 1. The molecule has 1 aliphatic rings. The zero-order chi connectivity index (χ0) is 27.5. The molecule has 0 saturated heterocycles. The number of unbranched alkanes of at least 4 members (excludes halogenated alkanes) is 1. The third-order valence-electron chi connectivity index (χ3n) is 5.91. The van der Waals surface area contributed by atoms with Crippen molar-refractivity contribution in [2.75, 3.05) is 26.2 Å². The molecule has 0 aliphatic carbocycles. The van der Waals surface area contributed by atoms with E-state index < -0.39 is 29.9 Å². The zero-order valence-electron chi connectivity index (χ0n) is 21.3. The molecule has 2 amide bonds. The zero-order valence-corrected chi connectivity index (χ0v) is 21.3. The van der Waals surface area contributed by atoms with Gasteiger partial charge in [-0.05, 0) is 39.2 Å². The predicted octanol–water partition coefficient (Wildman–Crippen LogP) is -0.249. The number of hydrogen-bond acceptors (Lipinski definition) is 7. The van der Waals surface area contributed by atoms with Crippen LogP contribution in [-0.4, -0.2) is 83.0 Å². The monoisotopic (exact) mass is 519 g/mol. The van der Waals surface area contributed by atoms with Gasteiger partial charge in [0, 0.05) is 43.9 Å². The van der Waals surface area contributed by atoms with Crippen LogP contribution in [0.5, 0.6) is 0 Å². The fraction of sp³-hybridized carbons (Fsp3) is 0.542. The standard InChI is InChI=1S/C24H37N7O6/c1-3-37-23(36)17-11-16(29-14(17)2)12-19(22(34)35)30-20(32)6-4-5-8-28-21(33)18(25)10-15-7-9-31(13-15)24(26)27/h7,11,18-19,29H,3-6,8-10,12-13,25H2,1-2H3,(H3,26,27)(H,28,33)(H,30,32)(H,34,35). The Labute approximate surface area is 215 Å². The Balaban J connectivity index is 1.70. The van der Waals surface area contributed by atoms with Crippen LogP contribution >= 0.6 is 0 Å². The Morgan fingerprint density at radius 3 is 2.62 bits per heavy atom. The Bertz CT molecular complexity index is 1030. The lowest BCUT2D eigenvalue weighted by molar-refractivity contribution is -0.141. The van der Waals surface area contributed by atoms with E-state index in [1.54, 1.807) is 18.7 Å². The van der Waals surface area contributed by atoms with Gasteiger partial charge in [-0.2, -0.15) is 0 Å². The number of aliphatic carboxylic acids is 1. The minimum atomic E-state index is -1.19. The van der Waals surface area contributed by atoms with E-state index in [-0.39, 0.29) is 31.3 Å². The maximum atomic E-state index is 12.3. The van der Waals surface area contributed by atoms with Crippen LogP contribution in [0, 0.1) is 12.3 Å². The van der Waals surface area contributed by atoms with Crippen LogP contribution in [0.1, 0.15) is 54.4 Å². The maximum Gasteiger partial charge on any atom is 0.339 e. The third kappa shape index (κ3) is 9.26. The average molecular weight is 520 g/mol. The molecule has 204 valence electrons. The van der Waals surface area contributed by atoms with Crippen molar-refractivity contribution in [3.63, 3.8) is 0 Å². The minimum Gasteiger partial charge on any atom is -0.480 e. The Morgan fingerprint density at radius 1 is 1.27 bits per heavy atom. The number of carboxylic acids is 1. The molecular weight excluding hydrogens is 482 g/mol. The summed E-state index contributed by atoms with van der Waals surface area (Å²) in [7, 11) is 0. The number of rotatable bonds is 14. The molecule has 2 unspecified atom stereocenters. The average Bonchev–Trinajstić information content (AvgIpc) is 3.44. The van der Waals surface area contributed by atoms with Crippen molar-refractivity contribution in [2.24, 2.45) is 11.5 Å². The summed E-state index contributed by atoms with van der Waals surface area (Å²) in [5, 5.41) is 22.2. The van der Waals surface area contributed by atoms with Crippen molar-refractivity contribution in [1.82, 2.24) is 20.5 Å². The quantitative estimate of drug-likeness (QED) is 0.0566. The Morgan fingerprint density at radius 2 is 2.00 bits per heavy atom. The van der Waals surface area contributed by atoms with Gasteiger partial charge in [0.1, 0.15) is 6.04 Å². The van der Waals surface area contributed by atoms with Crippen molar-refractivity contribution in [3.05, 3.63) is 34.7 Å². The van der Waals surface area contributed by atoms with Crippen molar-refractivity contribution < 1.29 is 29.0 Å². The molecular formula is C24H37N7O6. The molecule has 1 aromatic rings. The highest BCUT2D eigenvalue weighted by Crippen LogP contribution is 2.15. The number of nitrogens with zero attached hydrogens (tertiary/aromatic N) is 1. The second-order valence-corrected chi connectivity index (χ2v) is 8.90. The number of nitrogens with one attached hydrogen (secondary N) is 4. The number of carbonyl (C=O) groups is 4.